The van der Waals surface area contributed by atoms with E-state index in [-0.39, 0.29) is 16.9 Å². The number of fused-ring (bicyclic) bond motifs is 2. The fourth-order valence-electron chi connectivity index (χ4n) is 3.75. The SMILES string of the molecule is CC1(c2nn3c(C(N)=O)ccnc3c2C(N)=O)Cc2ccccc2C1. The average molecular weight is 335 g/mol. The molecule has 0 atom stereocenters. The van der Waals surface area contributed by atoms with E-state index in [4.69, 9.17) is 11.5 Å². The summed E-state index contributed by atoms with van der Waals surface area (Å²) in [7, 11) is 0. The molecule has 1 aromatic carbocycles. The highest BCUT2D eigenvalue weighted by atomic mass is 16.1. The number of nitrogens with two attached hydrogens (primary N) is 2. The third-order valence-electron chi connectivity index (χ3n) is 4.87. The molecular formula is C18H17N5O2. The Hall–Kier alpha value is -3.22. The van der Waals surface area contributed by atoms with Gasteiger partial charge in [-0.3, -0.25) is 9.59 Å². The molecule has 0 fully saturated rings. The van der Waals surface area contributed by atoms with Crippen molar-refractivity contribution in [2.45, 2.75) is 25.2 Å². The second kappa shape index (κ2) is 5.14. The van der Waals surface area contributed by atoms with Crippen LogP contribution in [0.25, 0.3) is 5.65 Å². The number of carbonyl (C=O) groups excluding carboxylic acids is 2. The molecule has 4 rings (SSSR count). The quantitative estimate of drug-likeness (QED) is 0.742. The van der Waals surface area contributed by atoms with Crippen molar-refractivity contribution in [3.63, 3.8) is 0 Å². The van der Waals surface area contributed by atoms with Gasteiger partial charge in [0.05, 0.1) is 5.69 Å². The van der Waals surface area contributed by atoms with Crippen LogP contribution in [0.1, 0.15) is 44.6 Å². The minimum Gasteiger partial charge on any atom is -0.365 e. The minimum absolute atomic E-state index is 0.165. The molecule has 2 aromatic heterocycles. The summed E-state index contributed by atoms with van der Waals surface area (Å²) in [5.41, 5.74) is 14.3. The maximum atomic E-state index is 12.2. The van der Waals surface area contributed by atoms with Crippen LogP contribution in [0.5, 0.6) is 0 Å². The molecule has 4 N–H and O–H groups in total. The summed E-state index contributed by atoms with van der Waals surface area (Å²) in [6.07, 6.45) is 2.90. The smallest absolute Gasteiger partial charge is 0.267 e. The molecule has 0 aliphatic heterocycles. The summed E-state index contributed by atoms with van der Waals surface area (Å²) in [6, 6.07) is 9.62. The number of hydrogen-bond donors (Lipinski definition) is 2. The van der Waals surface area contributed by atoms with E-state index in [1.54, 1.807) is 0 Å². The van der Waals surface area contributed by atoms with Crippen molar-refractivity contribution in [3.8, 4) is 0 Å². The molecule has 0 spiro atoms. The van der Waals surface area contributed by atoms with Crippen LogP contribution >= 0.6 is 0 Å². The van der Waals surface area contributed by atoms with E-state index >= 15 is 0 Å². The third-order valence-corrected chi connectivity index (χ3v) is 4.87. The Morgan fingerprint density at radius 3 is 2.28 bits per heavy atom. The van der Waals surface area contributed by atoms with Crippen LogP contribution in [0, 0.1) is 0 Å². The zero-order chi connectivity index (χ0) is 17.8. The van der Waals surface area contributed by atoms with Crippen molar-refractivity contribution < 1.29 is 9.59 Å². The van der Waals surface area contributed by atoms with Gasteiger partial charge in [-0.15, -0.1) is 0 Å². The van der Waals surface area contributed by atoms with E-state index in [1.165, 1.54) is 27.9 Å². The first-order valence-corrected chi connectivity index (χ1v) is 7.95. The van der Waals surface area contributed by atoms with Crippen molar-refractivity contribution in [1.29, 1.82) is 0 Å². The fraction of sp³-hybridized carbons (Fsp3) is 0.222. The van der Waals surface area contributed by atoms with E-state index in [0.29, 0.717) is 5.69 Å². The Bertz CT molecular complexity index is 1010. The summed E-state index contributed by atoms with van der Waals surface area (Å²) in [4.78, 5) is 28.1. The van der Waals surface area contributed by atoms with Crippen LogP contribution in [0.15, 0.2) is 36.5 Å². The highest BCUT2D eigenvalue weighted by Crippen LogP contribution is 2.40. The number of rotatable bonds is 3. The number of carbonyl (C=O) groups is 2. The second-order valence-corrected chi connectivity index (χ2v) is 6.70. The van der Waals surface area contributed by atoms with Gasteiger partial charge in [0, 0.05) is 11.6 Å². The van der Waals surface area contributed by atoms with Gasteiger partial charge in [-0.2, -0.15) is 5.10 Å². The average Bonchev–Trinajstić information content (AvgIpc) is 3.12. The van der Waals surface area contributed by atoms with E-state index in [2.05, 4.69) is 22.2 Å². The number of benzene rings is 1. The number of primary amides is 2. The van der Waals surface area contributed by atoms with Gasteiger partial charge in [0.15, 0.2) is 5.65 Å². The third kappa shape index (κ3) is 2.20. The van der Waals surface area contributed by atoms with E-state index in [9.17, 15) is 9.59 Å². The summed E-state index contributed by atoms with van der Waals surface area (Å²) < 4.78 is 1.33. The first kappa shape index (κ1) is 15.3. The van der Waals surface area contributed by atoms with E-state index in [0.717, 1.165) is 12.8 Å². The monoisotopic (exact) mass is 335 g/mol. The zero-order valence-electron chi connectivity index (χ0n) is 13.7. The van der Waals surface area contributed by atoms with Gasteiger partial charge < -0.3 is 11.5 Å². The number of aromatic nitrogens is 3. The first-order chi connectivity index (χ1) is 11.9. The maximum Gasteiger partial charge on any atom is 0.267 e. The number of amides is 2. The second-order valence-electron chi connectivity index (χ2n) is 6.70. The number of nitrogens with zero attached hydrogens (tertiary/aromatic N) is 3. The summed E-state index contributed by atoms with van der Waals surface area (Å²) in [5.74, 6) is -1.26. The highest BCUT2D eigenvalue weighted by molar-refractivity contribution is 6.01. The lowest BCUT2D eigenvalue weighted by molar-refractivity contribution is 0.0986. The van der Waals surface area contributed by atoms with Gasteiger partial charge in [-0.1, -0.05) is 31.2 Å². The summed E-state index contributed by atoms with van der Waals surface area (Å²) in [6.45, 7) is 2.05. The normalized spacial score (nSPS) is 15.2. The lowest BCUT2D eigenvalue weighted by Gasteiger charge is -2.22. The Balaban J connectivity index is 1.97. The predicted molar refractivity (Wildman–Crippen MR) is 91.2 cm³/mol. The first-order valence-electron chi connectivity index (χ1n) is 7.95. The number of hydrogen-bond acceptors (Lipinski definition) is 4. The molecule has 7 heteroatoms. The van der Waals surface area contributed by atoms with Crippen molar-refractivity contribution in [2.24, 2.45) is 11.5 Å². The lowest BCUT2D eigenvalue weighted by Crippen LogP contribution is -2.27. The van der Waals surface area contributed by atoms with Crippen molar-refractivity contribution in [2.75, 3.05) is 0 Å². The molecule has 3 aromatic rings. The van der Waals surface area contributed by atoms with Crippen LogP contribution in [-0.4, -0.2) is 26.4 Å². The Morgan fingerprint density at radius 2 is 1.72 bits per heavy atom. The molecule has 7 nitrogen and oxygen atoms in total. The molecular weight excluding hydrogens is 318 g/mol. The molecule has 0 radical (unpaired) electrons. The van der Waals surface area contributed by atoms with Gasteiger partial charge in [0.1, 0.15) is 11.3 Å². The van der Waals surface area contributed by atoms with Gasteiger partial charge >= 0.3 is 0 Å². The largest absolute Gasteiger partial charge is 0.365 e. The summed E-state index contributed by atoms with van der Waals surface area (Å²) in [5, 5.41) is 4.54. The molecule has 126 valence electrons. The highest BCUT2D eigenvalue weighted by Gasteiger charge is 2.40. The van der Waals surface area contributed by atoms with Crippen LogP contribution in [0.4, 0.5) is 0 Å². The minimum atomic E-state index is -0.641. The molecule has 0 saturated heterocycles. The predicted octanol–water partition coefficient (Wildman–Crippen LogP) is 0.984. The van der Waals surface area contributed by atoms with Crippen molar-refractivity contribution in [1.82, 2.24) is 14.6 Å². The molecule has 25 heavy (non-hydrogen) atoms. The molecule has 0 saturated carbocycles. The Morgan fingerprint density at radius 1 is 1.08 bits per heavy atom. The van der Waals surface area contributed by atoms with E-state index < -0.39 is 17.2 Å². The maximum absolute atomic E-state index is 12.2. The van der Waals surface area contributed by atoms with Gasteiger partial charge in [-0.05, 0) is 30.0 Å². The molecule has 2 amide bonds. The van der Waals surface area contributed by atoms with Gasteiger partial charge in [-0.25, -0.2) is 9.50 Å². The van der Waals surface area contributed by atoms with Crippen LogP contribution in [-0.2, 0) is 18.3 Å². The molecule has 0 unspecified atom stereocenters. The van der Waals surface area contributed by atoms with Crippen LogP contribution < -0.4 is 11.5 Å². The lowest BCUT2D eigenvalue weighted by atomic mass is 9.81. The molecule has 2 heterocycles. The topological polar surface area (TPSA) is 116 Å². The van der Waals surface area contributed by atoms with E-state index in [1.807, 2.05) is 19.1 Å². The Labute approximate surface area is 143 Å². The summed E-state index contributed by atoms with van der Waals surface area (Å²) >= 11 is 0. The van der Waals surface area contributed by atoms with Crippen molar-refractivity contribution in [3.05, 3.63) is 64.6 Å². The molecule has 1 aliphatic rings. The zero-order valence-corrected chi connectivity index (χ0v) is 13.7. The van der Waals surface area contributed by atoms with Gasteiger partial charge in [0.25, 0.3) is 11.8 Å². The molecule has 1 aliphatic carbocycles. The molecule has 0 bridgehead atoms. The van der Waals surface area contributed by atoms with Crippen LogP contribution in [0.2, 0.25) is 0 Å². The van der Waals surface area contributed by atoms with Crippen LogP contribution in [0.3, 0.4) is 0 Å². The Kier molecular flexibility index (Phi) is 3.15. The fourth-order valence-corrected chi connectivity index (χ4v) is 3.75. The standard InChI is InChI=1S/C18H17N5O2/c1-18(8-10-4-2-3-5-11(10)9-18)14-13(16(20)25)17-21-7-6-12(15(19)24)23(17)22-14/h2-7H,8-9H2,1H3,(H2,19,24)(H2,20,25). The van der Waals surface area contributed by atoms with Crippen molar-refractivity contribution >= 4 is 17.5 Å². The van der Waals surface area contributed by atoms with Gasteiger partial charge in [0.2, 0.25) is 0 Å².